The smallest absolute Gasteiger partial charge is 0.411 e. The van der Waals surface area contributed by atoms with Crippen LogP contribution in [0.2, 0.25) is 0 Å². The standard InChI is InChI=1S/C16H23N3O4/c1-5-22-13(20)12-11-10(17-18-12)6-9-19(16(11)7-8-16)14(21)23-15(2,3)4/h5-9H2,1-4H3,(H,17,18). The van der Waals surface area contributed by atoms with Crippen molar-refractivity contribution in [3.63, 3.8) is 0 Å². The van der Waals surface area contributed by atoms with Crippen LogP contribution in [0.5, 0.6) is 0 Å². The monoisotopic (exact) mass is 321 g/mol. The van der Waals surface area contributed by atoms with Crippen LogP contribution in [-0.4, -0.2) is 45.9 Å². The zero-order chi connectivity index (χ0) is 16.8. The third-order valence-corrected chi connectivity index (χ3v) is 4.21. The van der Waals surface area contributed by atoms with Crippen LogP contribution < -0.4 is 0 Å². The van der Waals surface area contributed by atoms with Crippen molar-refractivity contribution in [2.75, 3.05) is 13.2 Å². The molecule has 1 aromatic heterocycles. The third kappa shape index (κ3) is 2.68. The number of nitrogens with zero attached hydrogens (tertiary/aromatic N) is 2. The highest BCUT2D eigenvalue weighted by molar-refractivity contribution is 5.90. The number of H-pyrrole nitrogens is 1. The topological polar surface area (TPSA) is 84.5 Å². The van der Waals surface area contributed by atoms with Gasteiger partial charge in [0.05, 0.1) is 12.1 Å². The summed E-state index contributed by atoms with van der Waals surface area (Å²) >= 11 is 0. The van der Waals surface area contributed by atoms with E-state index in [2.05, 4.69) is 10.2 Å². The van der Waals surface area contributed by atoms with Crippen molar-refractivity contribution in [2.24, 2.45) is 0 Å². The van der Waals surface area contributed by atoms with Crippen LogP contribution in [0.4, 0.5) is 4.79 Å². The van der Waals surface area contributed by atoms with Gasteiger partial charge in [-0.05, 0) is 40.5 Å². The van der Waals surface area contributed by atoms with Gasteiger partial charge in [-0.3, -0.25) is 10.00 Å². The Labute approximate surface area is 135 Å². The number of aromatic nitrogens is 2. The number of hydrogen-bond donors (Lipinski definition) is 1. The molecule has 1 saturated carbocycles. The highest BCUT2D eigenvalue weighted by Crippen LogP contribution is 2.55. The Morgan fingerprint density at radius 1 is 1.35 bits per heavy atom. The lowest BCUT2D eigenvalue weighted by Gasteiger charge is -2.37. The van der Waals surface area contributed by atoms with Crippen molar-refractivity contribution in [3.8, 4) is 0 Å². The Bertz CT molecular complexity index is 640. The zero-order valence-electron chi connectivity index (χ0n) is 14.1. The van der Waals surface area contributed by atoms with Gasteiger partial charge in [0.2, 0.25) is 0 Å². The molecule has 2 aliphatic rings. The van der Waals surface area contributed by atoms with Crippen LogP contribution in [0.1, 0.15) is 62.3 Å². The lowest BCUT2D eigenvalue weighted by Crippen LogP contribution is -2.47. The molecule has 126 valence electrons. The molecule has 3 rings (SSSR count). The molecular formula is C16H23N3O4. The summed E-state index contributed by atoms with van der Waals surface area (Å²) < 4.78 is 10.6. The van der Waals surface area contributed by atoms with Gasteiger partial charge in [-0.1, -0.05) is 0 Å². The predicted octanol–water partition coefficient (Wildman–Crippen LogP) is 2.37. The maximum absolute atomic E-state index is 12.6. The number of rotatable bonds is 2. The first kappa shape index (κ1) is 15.8. The van der Waals surface area contributed by atoms with E-state index in [1.165, 1.54) is 0 Å². The first-order valence-electron chi connectivity index (χ1n) is 8.04. The van der Waals surface area contributed by atoms with Gasteiger partial charge in [-0.25, -0.2) is 9.59 Å². The van der Waals surface area contributed by atoms with E-state index in [0.29, 0.717) is 25.3 Å². The normalized spacial score (nSPS) is 18.5. The first-order chi connectivity index (χ1) is 10.8. The second-order valence-electron chi connectivity index (χ2n) is 7.06. The highest BCUT2D eigenvalue weighted by atomic mass is 16.6. The molecule has 0 bridgehead atoms. The number of aromatic amines is 1. The molecule has 0 aromatic carbocycles. The number of carbonyl (C=O) groups excluding carboxylic acids is 2. The second kappa shape index (κ2) is 5.25. The molecule has 1 aliphatic heterocycles. The van der Waals surface area contributed by atoms with E-state index >= 15 is 0 Å². The number of nitrogens with one attached hydrogen (secondary N) is 1. The van der Waals surface area contributed by atoms with Crippen molar-refractivity contribution in [2.45, 2.75) is 58.1 Å². The average molecular weight is 321 g/mol. The molecule has 7 heteroatoms. The van der Waals surface area contributed by atoms with E-state index in [0.717, 1.165) is 24.1 Å². The summed E-state index contributed by atoms with van der Waals surface area (Å²) in [5.41, 5.74) is 1.02. The number of carbonyl (C=O) groups is 2. The summed E-state index contributed by atoms with van der Waals surface area (Å²) in [7, 11) is 0. The number of ether oxygens (including phenoxy) is 2. The fourth-order valence-electron chi connectivity index (χ4n) is 3.20. The fourth-order valence-corrected chi connectivity index (χ4v) is 3.20. The summed E-state index contributed by atoms with van der Waals surface area (Å²) in [6, 6.07) is 0. The molecule has 7 nitrogen and oxygen atoms in total. The summed E-state index contributed by atoms with van der Waals surface area (Å²) in [4.78, 5) is 26.5. The number of hydrogen-bond acceptors (Lipinski definition) is 5. The number of fused-ring (bicyclic) bond motifs is 2. The van der Waals surface area contributed by atoms with Crippen molar-refractivity contribution in [1.82, 2.24) is 15.1 Å². The molecule has 1 N–H and O–H groups in total. The highest BCUT2D eigenvalue weighted by Gasteiger charge is 2.58. The Kier molecular flexibility index (Phi) is 3.61. The molecule has 1 amide bonds. The average Bonchev–Trinajstić information content (AvgIpc) is 3.07. The molecule has 23 heavy (non-hydrogen) atoms. The molecule has 1 fully saturated rings. The molecule has 1 spiro atoms. The van der Waals surface area contributed by atoms with E-state index in [-0.39, 0.29) is 6.09 Å². The summed E-state index contributed by atoms with van der Waals surface area (Å²) in [5, 5.41) is 7.08. The van der Waals surface area contributed by atoms with Gasteiger partial charge >= 0.3 is 12.1 Å². The van der Waals surface area contributed by atoms with Gasteiger partial charge in [0.25, 0.3) is 0 Å². The Hall–Kier alpha value is -2.05. The lowest BCUT2D eigenvalue weighted by atomic mass is 9.94. The maximum atomic E-state index is 12.6. The van der Waals surface area contributed by atoms with Crippen molar-refractivity contribution >= 4 is 12.1 Å². The Morgan fingerprint density at radius 2 is 2.04 bits per heavy atom. The zero-order valence-corrected chi connectivity index (χ0v) is 14.1. The SMILES string of the molecule is CCOC(=O)c1n[nH]c2c1C1(CC1)N(C(=O)OC(C)(C)C)CC2. The predicted molar refractivity (Wildman–Crippen MR) is 82.1 cm³/mol. The molecule has 1 aromatic rings. The summed E-state index contributed by atoms with van der Waals surface area (Å²) in [5.74, 6) is -0.442. The summed E-state index contributed by atoms with van der Waals surface area (Å²) in [6.07, 6.45) is 1.91. The maximum Gasteiger partial charge on any atom is 0.411 e. The van der Waals surface area contributed by atoms with E-state index in [1.807, 2.05) is 20.8 Å². The minimum atomic E-state index is -0.548. The number of amides is 1. The van der Waals surface area contributed by atoms with Crippen molar-refractivity contribution < 1.29 is 19.1 Å². The van der Waals surface area contributed by atoms with Gasteiger partial charge in [0.1, 0.15) is 5.60 Å². The van der Waals surface area contributed by atoms with Crippen LogP contribution >= 0.6 is 0 Å². The molecule has 2 heterocycles. The van der Waals surface area contributed by atoms with Gasteiger partial charge in [-0.2, -0.15) is 5.10 Å². The van der Waals surface area contributed by atoms with Crippen molar-refractivity contribution in [3.05, 3.63) is 17.0 Å². The molecular weight excluding hydrogens is 298 g/mol. The van der Waals surface area contributed by atoms with Gasteiger partial charge < -0.3 is 9.47 Å². The van der Waals surface area contributed by atoms with Gasteiger partial charge in [-0.15, -0.1) is 0 Å². The van der Waals surface area contributed by atoms with Gasteiger partial charge in [0.15, 0.2) is 5.69 Å². The first-order valence-corrected chi connectivity index (χ1v) is 8.04. The van der Waals surface area contributed by atoms with Crippen LogP contribution in [0.15, 0.2) is 0 Å². The molecule has 0 radical (unpaired) electrons. The van der Waals surface area contributed by atoms with Crippen molar-refractivity contribution in [1.29, 1.82) is 0 Å². The number of esters is 1. The van der Waals surface area contributed by atoms with Crippen LogP contribution in [0, 0.1) is 0 Å². The van der Waals surface area contributed by atoms with E-state index in [9.17, 15) is 9.59 Å². The summed E-state index contributed by atoms with van der Waals surface area (Å²) in [6.45, 7) is 8.16. The minimum absolute atomic E-state index is 0.295. The fraction of sp³-hybridized carbons (Fsp3) is 0.688. The quantitative estimate of drug-likeness (QED) is 0.845. The second-order valence-corrected chi connectivity index (χ2v) is 7.06. The van der Waals surface area contributed by atoms with E-state index < -0.39 is 17.1 Å². The Balaban J connectivity index is 1.93. The molecule has 0 saturated heterocycles. The minimum Gasteiger partial charge on any atom is -0.461 e. The van der Waals surface area contributed by atoms with Crippen LogP contribution in [0.25, 0.3) is 0 Å². The largest absolute Gasteiger partial charge is 0.461 e. The lowest BCUT2D eigenvalue weighted by molar-refractivity contribution is 0.00987. The Morgan fingerprint density at radius 3 is 2.61 bits per heavy atom. The van der Waals surface area contributed by atoms with Crippen LogP contribution in [-0.2, 0) is 21.4 Å². The third-order valence-electron chi connectivity index (χ3n) is 4.21. The van der Waals surface area contributed by atoms with E-state index in [1.54, 1.807) is 11.8 Å². The van der Waals surface area contributed by atoms with Gasteiger partial charge in [0, 0.05) is 24.2 Å². The van der Waals surface area contributed by atoms with Crippen LogP contribution in [0.3, 0.4) is 0 Å². The van der Waals surface area contributed by atoms with E-state index in [4.69, 9.17) is 9.47 Å². The molecule has 1 aliphatic carbocycles. The molecule has 0 unspecified atom stereocenters. The molecule has 0 atom stereocenters.